The molecule has 2 fully saturated rings. The number of nitrogens with one attached hydrogen (secondary N) is 1. The van der Waals surface area contributed by atoms with Crippen molar-refractivity contribution in [3.05, 3.63) is 60.6 Å². The van der Waals surface area contributed by atoms with Gasteiger partial charge < -0.3 is 29.2 Å². The summed E-state index contributed by atoms with van der Waals surface area (Å²) in [4.78, 5) is 30.7. The number of nitrogens with zero attached hydrogens (tertiary/aromatic N) is 4. The maximum Gasteiger partial charge on any atom is 0.253 e. The second kappa shape index (κ2) is 11.3. The Morgan fingerprint density at radius 1 is 1.21 bits per heavy atom. The fourth-order valence-electron chi connectivity index (χ4n) is 4.36. The highest BCUT2D eigenvalue weighted by atomic mass is 19.1. The van der Waals surface area contributed by atoms with Gasteiger partial charge >= 0.3 is 0 Å². The third kappa shape index (κ3) is 6.63. The van der Waals surface area contributed by atoms with E-state index in [9.17, 15) is 14.0 Å². The molecule has 11 nitrogen and oxygen atoms in total. The molecule has 1 N–H and O–H groups in total. The van der Waals surface area contributed by atoms with Crippen molar-refractivity contribution in [3.63, 3.8) is 0 Å². The second-order valence-electron chi connectivity index (χ2n) is 9.75. The molecule has 3 aromatic rings. The molecule has 39 heavy (non-hydrogen) atoms. The zero-order valence-corrected chi connectivity index (χ0v) is 21.7. The minimum atomic E-state index is -1.59. The number of anilines is 1. The number of hydrogen-bond acceptors (Lipinski definition) is 8. The van der Waals surface area contributed by atoms with Crippen LogP contribution in [0.3, 0.4) is 0 Å². The zero-order chi connectivity index (χ0) is 27.4. The van der Waals surface area contributed by atoms with Gasteiger partial charge in [-0.1, -0.05) is 17.7 Å². The molecule has 2 amide bonds. The molecule has 2 aromatic heterocycles. The summed E-state index contributed by atoms with van der Waals surface area (Å²) in [5.74, 6) is 0.994. The lowest BCUT2D eigenvalue weighted by molar-refractivity contribution is -0.148. The van der Waals surface area contributed by atoms with E-state index in [-0.39, 0.29) is 50.8 Å². The molecule has 0 saturated carbocycles. The number of likely N-dealkylation sites (tertiary alicyclic amines) is 1. The number of methoxy groups -OCH3 is 1. The number of alkyl halides is 1. The number of carbonyl (C=O) groups is 2. The Morgan fingerprint density at radius 3 is 2.77 bits per heavy atom. The van der Waals surface area contributed by atoms with Crippen LogP contribution in [-0.4, -0.2) is 82.8 Å². The lowest BCUT2D eigenvalue weighted by Crippen LogP contribution is -2.64. The summed E-state index contributed by atoms with van der Waals surface area (Å²) in [5, 5.41) is 6.89. The second-order valence-corrected chi connectivity index (χ2v) is 9.75. The zero-order valence-electron chi connectivity index (χ0n) is 21.7. The van der Waals surface area contributed by atoms with Gasteiger partial charge in [-0.2, -0.15) is 5.10 Å². The Bertz CT molecular complexity index is 1310. The standard InChI is InChI=1S/C27H30FN5O6/c1-18-3-5-20(6-4-18)38-17-27(28)15-32(16-27)25(34)13-33-12-19(11-30-33)31-26(35)23-9-22(14-37-23)39-21-7-8-29-24(10-21)36-2/h3-8,10-12,22-23H,9,13-17H2,1-2H3,(H,31,35)/t22-,23+/m0/s1. The summed E-state index contributed by atoms with van der Waals surface area (Å²) < 4.78 is 38.4. The molecule has 206 valence electrons. The Hall–Kier alpha value is -4.19. The number of carbonyl (C=O) groups excluding carboxylic acids is 2. The molecular formula is C27H30FN5O6. The number of rotatable bonds is 10. The van der Waals surface area contributed by atoms with Crippen LogP contribution in [0.5, 0.6) is 17.4 Å². The normalized spacial score (nSPS) is 19.7. The van der Waals surface area contributed by atoms with Gasteiger partial charge in [0, 0.05) is 24.9 Å². The van der Waals surface area contributed by atoms with Crippen LogP contribution in [0.1, 0.15) is 12.0 Å². The Kier molecular flexibility index (Phi) is 7.64. The number of aryl methyl sites for hydroxylation is 1. The molecule has 0 radical (unpaired) electrons. The van der Waals surface area contributed by atoms with Gasteiger partial charge in [0.25, 0.3) is 5.91 Å². The fourth-order valence-corrected chi connectivity index (χ4v) is 4.36. The van der Waals surface area contributed by atoms with Gasteiger partial charge in [-0.25, -0.2) is 9.37 Å². The Labute approximate surface area is 224 Å². The van der Waals surface area contributed by atoms with Gasteiger partial charge in [0.1, 0.15) is 36.9 Å². The summed E-state index contributed by atoms with van der Waals surface area (Å²) in [6, 6.07) is 10.7. The maximum absolute atomic E-state index is 14.9. The number of pyridine rings is 1. The Morgan fingerprint density at radius 2 is 2.00 bits per heavy atom. The molecule has 12 heteroatoms. The van der Waals surface area contributed by atoms with E-state index in [1.54, 1.807) is 36.7 Å². The number of benzene rings is 1. The van der Waals surface area contributed by atoms with Crippen molar-refractivity contribution >= 4 is 17.5 Å². The first kappa shape index (κ1) is 26.4. The average molecular weight is 540 g/mol. The van der Waals surface area contributed by atoms with Gasteiger partial charge in [0.05, 0.1) is 38.7 Å². The van der Waals surface area contributed by atoms with Crippen molar-refractivity contribution in [1.29, 1.82) is 0 Å². The molecule has 2 aliphatic heterocycles. The number of halogens is 1. The van der Waals surface area contributed by atoms with E-state index in [2.05, 4.69) is 15.4 Å². The Balaban J connectivity index is 1.04. The predicted molar refractivity (Wildman–Crippen MR) is 138 cm³/mol. The average Bonchev–Trinajstić information content (AvgIpc) is 3.56. The van der Waals surface area contributed by atoms with Gasteiger partial charge in [0.15, 0.2) is 5.67 Å². The highest BCUT2D eigenvalue weighted by Crippen LogP contribution is 2.27. The van der Waals surface area contributed by atoms with Crippen molar-refractivity contribution < 1.29 is 32.9 Å². The van der Waals surface area contributed by atoms with Crippen LogP contribution in [0.15, 0.2) is 55.0 Å². The van der Waals surface area contributed by atoms with E-state index in [0.717, 1.165) is 5.56 Å². The van der Waals surface area contributed by atoms with Crippen LogP contribution in [0.4, 0.5) is 10.1 Å². The fraction of sp³-hybridized carbons (Fsp3) is 0.407. The molecule has 0 aliphatic carbocycles. The number of ether oxygens (including phenoxy) is 4. The van der Waals surface area contributed by atoms with Crippen molar-refractivity contribution in [2.24, 2.45) is 0 Å². The van der Waals surface area contributed by atoms with E-state index < -0.39 is 11.8 Å². The van der Waals surface area contributed by atoms with Crippen LogP contribution in [-0.2, 0) is 20.9 Å². The molecule has 2 saturated heterocycles. The summed E-state index contributed by atoms with van der Waals surface area (Å²) in [7, 11) is 1.52. The largest absolute Gasteiger partial charge is 0.490 e. The molecular weight excluding hydrogens is 509 g/mol. The lowest BCUT2D eigenvalue weighted by atomic mass is 9.97. The van der Waals surface area contributed by atoms with E-state index in [1.807, 2.05) is 19.1 Å². The maximum atomic E-state index is 14.9. The molecule has 5 rings (SSSR count). The minimum absolute atomic E-state index is 0.0446. The third-order valence-electron chi connectivity index (χ3n) is 6.49. The minimum Gasteiger partial charge on any atom is -0.490 e. The summed E-state index contributed by atoms with van der Waals surface area (Å²) in [5.41, 5.74) is -0.0711. The highest BCUT2D eigenvalue weighted by Gasteiger charge is 2.46. The van der Waals surface area contributed by atoms with Crippen molar-refractivity contribution in [2.75, 3.05) is 38.7 Å². The van der Waals surface area contributed by atoms with Crippen molar-refractivity contribution in [2.45, 2.75) is 37.8 Å². The van der Waals surface area contributed by atoms with Crippen LogP contribution < -0.4 is 19.5 Å². The number of aromatic nitrogens is 3. The quantitative estimate of drug-likeness (QED) is 0.418. The predicted octanol–water partition coefficient (Wildman–Crippen LogP) is 2.40. The van der Waals surface area contributed by atoms with Gasteiger partial charge in [-0.3, -0.25) is 14.3 Å². The third-order valence-corrected chi connectivity index (χ3v) is 6.49. The van der Waals surface area contributed by atoms with Crippen LogP contribution in [0.25, 0.3) is 0 Å². The van der Waals surface area contributed by atoms with Gasteiger partial charge in [-0.05, 0) is 25.1 Å². The van der Waals surface area contributed by atoms with Gasteiger partial charge in [-0.15, -0.1) is 0 Å². The molecule has 0 spiro atoms. The molecule has 4 heterocycles. The summed E-state index contributed by atoms with van der Waals surface area (Å²) >= 11 is 0. The van der Waals surface area contributed by atoms with E-state index >= 15 is 0 Å². The van der Waals surface area contributed by atoms with E-state index in [0.29, 0.717) is 29.5 Å². The SMILES string of the molecule is COc1cc(O[C@@H]2CO[C@@H](C(=O)Nc3cnn(CC(=O)N4CC(F)(COc5ccc(C)cc5)C4)c3)C2)ccn1. The van der Waals surface area contributed by atoms with Gasteiger partial charge in [0.2, 0.25) is 11.8 Å². The summed E-state index contributed by atoms with van der Waals surface area (Å²) in [6.45, 7) is 1.94. The molecule has 2 aliphatic rings. The molecule has 0 bridgehead atoms. The lowest BCUT2D eigenvalue weighted by Gasteiger charge is -2.43. The first-order valence-electron chi connectivity index (χ1n) is 12.6. The topological polar surface area (TPSA) is 117 Å². The first-order chi connectivity index (χ1) is 18.8. The first-order valence-corrected chi connectivity index (χ1v) is 12.6. The van der Waals surface area contributed by atoms with E-state index in [4.69, 9.17) is 18.9 Å². The number of hydrogen-bond donors (Lipinski definition) is 1. The monoisotopic (exact) mass is 539 g/mol. The molecule has 0 unspecified atom stereocenters. The van der Waals surface area contributed by atoms with Crippen LogP contribution in [0.2, 0.25) is 0 Å². The van der Waals surface area contributed by atoms with E-state index in [1.165, 1.54) is 22.9 Å². The molecule has 1 aromatic carbocycles. The summed E-state index contributed by atoms with van der Waals surface area (Å²) in [6.07, 6.45) is 3.96. The number of amides is 2. The van der Waals surface area contributed by atoms with Crippen LogP contribution in [0, 0.1) is 6.92 Å². The molecule has 2 atom stereocenters. The van der Waals surface area contributed by atoms with Crippen LogP contribution >= 0.6 is 0 Å². The van der Waals surface area contributed by atoms with Crippen molar-refractivity contribution in [3.8, 4) is 17.4 Å². The van der Waals surface area contributed by atoms with Crippen molar-refractivity contribution in [1.82, 2.24) is 19.7 Å². The smallest absolute Gasteiger partial charge is 0.253 e. The highest BCUT2D eigenvalue weighted by molar-refractivity contribution is 5.94.